The van der Waals surface area contributed by atoms with E-state index in [1.165, 1.54) is 10.4 Å². The van der Waals surface area contributed by atoms with Crippen molar-refractivity contribution in [2.45, 2.75) is 18.2 Å². The second-order valence-electron chi connectivity index (χ2n) is 5.52. The number of hydrogen-bond donors (Lipinski definition) is 1. The van der Waals surface area contributed by atoms with Gasteiger partial charge < -0.3 is 14.8 Å². The molecule has 3 rings (SSSR count). The topological polar surface area (TPSA) is 50.2 Å². The average Bonchev–Trinajstić information content (AvgIpc) is 3.10. The largest absolute Gasteiger partial charge is 0.349 e. The van der Waals surface area contributed by atoms with E-state index in [-0.39, 0.29) is 11.2 Å². The molecular formula is C15H20N4OS2. The van der Waals surface area contributed by atoms with E-state index in [4.69, 9.17) is 0 Å². The number of nitrogens with zero attached hydrogens (tertiary/aromatic N) is 3. The van der Waals surface area contributed by atoms with Crippen molar-refractivity contribution in [3.8, 4) is 0 Å². The van der Waals surface area contributed by atoms with Crippen LogP contribution in [0.15, 0.2) is 17.6 Å². The number of imidazole rings is 1. The Kier molecular flexibility index (Phi) is 4.44. The number of rotatable bonds is 4. The van der Waals surface area contributed by atoms with Gasteiger partial charge in [0, 0.05) is 26.0 Å². The van der Waals surface area contributed by atoms with Crippen LogP contribution in [-0.2, 0) is 24.8 Å². The molecule has 7 heteroatoms. The summed E-state index contributed by atoms with van der Waals surface area (Å²) < 4.78 is 2.00. The van der Waals surface area contributed by atoms with Crippen molar-refractivity contribution in [1.29, 1.82) is 0 Å². The van der Waals surface area contributed by atoms with Crippen LogP contribution in [0, 0.1) is 0 Å². The van der Waals surface area contributed by atoms with Crippen LogP contribution < -0.4 is 10.2 Å². The summed E-state index contributed by atoms with van der Waals surface area (Å²) in [5.41, 5.74) is 2.20. The molecule has 1 atom stereocenters. The molecule has 1 aliphatic rings. The number of amides is 1. The summed E-state index contributed by atoms with van der Waals surface area (Å²) in [5, 5.41) is 5.07. The van der Waals surface area contributed by atoms with E-state index in [2.05, 4.69) is 21.7 Å². The molecule has 118 valence electrons. The minimum absolute atomic E-state index is 0.0726. The Hall–Kier alpha value is -1.47. The molecule has 1 aliphatic heterocycles. The molecule has 2 aromatic heterocycles. The molecule has 0 spiro atoms. The standard InChI is InChI=1S/C15H20N4OS2/c1-18(2)15-17-9-10(19(15)3)8-16-14(20)13-11-4-6-21-12(11)5-7-22-13/h4,6,9,13H,5,7-8H2,1-3H3,(H,16,20)/t13-/m0/s1. The molecule has 0 bridgehead atoms. The number of thiophene rings is 1. The van der Waals surface area contributed by atoms with Gasteiger partial charge in [0.15, 0.2) is 0 Å². The van der Waals surface area contributed by atoms with E-state index in [0.717, 1.165) is 23.8 Å². The molecule has 0 fully saturated rings. The summed E-state index contributed by atoms with van der Waals surface area (Å²) in [6.07, 6.45) is 2.90. The zero-order chi connectivity index (χ0) is 15.7. The molecule has 22 heavy (non-hydrogen) atoms. The van der Waals surface area contributed by atoms with Crippen LogP contribution in [-0.4, -0.2) is 35.3 Å². The third kappa shape index (κ3) is 2.87. The normalized spacial score (nSPS) is 17.1. The van der Waals surface area contributed by atoms with E-state index < -0.39 is 0 Å². The van der Waals surface area contributed by atoms with E-state index in [0.29, 0.717) is 6.54 Å². The van der Waals surface area contributed by atoms with Crippen LogP contribution in [0.3, 0.4) is 0 Å². The van der Waals surface area contributed by atoms with Crippen LogP contribution in [0.25, 0.3) is 0 Å². The molecule has 5 nitrogen and oxygen atoms in total. The molecule has 0 saturated carbocycles. The Bertz CT molecular complexity index is 677. The number of carbonyl (C=O) groups is 1. The number of fused-ring (bicyclic) bond motifs is 1. The quantitative estimate of drug-likeness (QED) is 0.930. The average molecular weight is 336 g/mol. The molecule has 0 radical (unpaired) electrons. The fourth-order valence-corrected chi connectivity index (χ4v) is 4.96. The number of nitrogens with one attached hydrogen (secondary N) is 1. The summed E-state index contributed by atoms with van der Waals surface area (Å²) in [6.45, 7) is 0.507. The van der Waals surface area contributed by atoms with Crippen molar-refractivity contribution in [2.24, 2.45) is 7.05 Å². The molecule has 0 aromatic carbocycles. The van der Waals surface area contributed by atoms with Crippen LogP contribution in [0.4, 0.5) is 5.95 Å². The van der Waals surface area contributed by atoms with Crippen LogP contribution in [0.5, 0.6) is 0 Å². The molecule has 1 N–H and O–H groups in total. The molecular weight excluding hydrogens is 316 g/mol. The van der Waals surface area contributed by atoms with Crippen LogP contribution >= 0.6 is 23.1 Å². The monoisotopic (exact) mass is 336 g/mol. The lowest BCUT2D eigenvalue weighted by Gasteiger charge is -2.21. The predicted octanol–water partition coefficient (Wildman–Crippen LogP) is 2.19. The van der Waals surface area contributed by atoms with Crippen molar-refractivity contribution in [3.05, 3.63) is 33.8 Å². The van der Waals surface area contributed by atoms with Gasteiger partial charge in [-0.05, 0) is 29.2 Å². The lowest BCUT2D eigenvalue weighted by molar-refractivity contribution is -0.120. The summed E-state index contributed by atoms with van der Waals surface area (Å²) in [4.78, 5) is 20.2. The highest BCUT2D eigenvalue weighted by molar-refractivity contribution is 8.00. The Balaban J connectivity index is 1.67. The maximum atomic E-state index is 12.5. The van der Waals surface area contributed by atoms with Gasteiger partial charge in [-0.3, -0.25) is 4.79 Å². The first-order valence-electron chi connectivity index (χ1n) is 7.21. The summed E-state index contributed by atoms with van der Waals surface area (Å²) >= 11 is 3.49. The number of carbonyl (C=O) groups excluding carboxylic acids is 1. The minimum Gasteiger partial charge on any atom is -0.349 e. The predicted molar refractivity (Wildman–Crippen MR) is 92.6 cm³/mol. The van der Waals surface area contributed by atoms with Gasteiger partial charge in [-0.15, -0.1) is 23.1 Å². The molecule has 0 aliphatic carbocycles. The zero-order valence-corrected chi connectivity index (χ0v) is 14.6. The van der Waals surface area contributed by atoms with Gasteiger partial charge in [-0.25, -0.2) is 4.98 Å². The fraction of sp³-hybridized carbons (Fsp3) is 0.467. The molecule has 0 saturated heterocycles. The lowest BCUT2D eigenvalue weighted by Crippen LogP contribution is -2.30. The van der Waals surface area contributed by atoms with Gasteiger partial charge in [-0.2, -0.15) is 0 Å². The van der Waals surface area contributed by atoms with Gasteiger partial charge in [0.2, 0.25) is 11.9 Å². The highest BCUT2D eigenvalue weighted by Gasteiger charge is 2.27. The Morgan fingerprint density at radius 2 is 2.36 bits per heavy atom. The van der Waals surface area contributed by atoms with Gasteiger partial charge in [0.25, 0.3) is 0 Å². The van der Waals surface area contributed by atoms with E-state index >= 15 is 0 Å². The summed E-state index contributed by atoms with van der Waals surface area (Å²) in [5.74, 6) is 2.00. The SMILES string of the molecule is CN(C)c1ncc(CNC(=O)[C@H]2SCCc3sccc32)n1C. The van der Waals surface area contributed by atoms with E-state index in [1.807, 2.05) is 36.8 Å². The van der Waals surface area contributed by atoms with Gasteiger partial charge in [-0.1, -0.05) is 0 Å². The zero-order valence-electron chi connectivity index (χ0n) is 13.0. The third-order valence-electron chi connectivity index (χ3n) is 3.82. The van der Waals surface area contributed by atoms with Gasteiger partial charge in [0.05, 0.1) is 18.4 Å². The second kappa shape index (κ2) is 6.34. The van der Waals surface area contributed by atoms with E-state index in [9.17, 15) is 4.79 Å². The van der Waals surface area contributed by atoms with Crippen molar-refractivity contribution >= 4 is 35.0 Å². The Morgan fingerprint density at radius 3 is 3.09 bits per heavy atom. The molecule has 2 aromatic rings. The van der Waals surface area contributed by atoms with Crippen molar-refractivity contribution in [3.63, 3.8) is 0 Å². The molecule has 3 heterocycles. The van der Waals surface area contributed by atoms with Gasteiger partial charge >= 0.3 is 0 Å². The number of aryl methyl sites for hydroxylation is 1. The first kappa shape index (κ1) is 15.4. The Labute approximate surface area is 138 Å². The van der Waals surface area contributed by atoms with Crippen molar-refractivity contribution < 1.29 is 4.79 Å². The van der Waals surface area contributed by atoms with Gasteiger partial charge in [0.1, 0.15) is 5.25 Å². The third-order valence-corrected chi connectivity index (χ3v) is 6.06. The highest BCUT2D eigenvalue weighted by Crippen LogP contribution is 2.39. The second-order valence-corrected chi connectivity index (χ2v) is 7.73. The van der Waals surface area contributed by atoms with Crippen molar-refractivity contribution in [1.82, 2.24) is 14.9 Å². The van der Waals surface area contributed by atoms with E-state index in [1.54, 1.807) is 23.1 Å². The first-order chi connectivity index (χ1) is 10.6. The van der Waals surface area contributed by atoms with Crippen LogP contribution in [0.1, 0.15) is 21.4 Å². The van der Waals surface area contributed by atoms with Crippen molar-refractivity contribution in [2.75, 3.05) is 24.7 Å². The highest BCUT2D eigenvalue weighted by atomic mass is 32.2. The minimum atomic E-state index is -0.0726. The lowest BCUT2D eigenvalue weighted by atomic mass is 10.1. The number of aromatic nitrogens is 2. The fourth-order valence-electron chi connectivity index (χ4n) is 2.65. The first-order valence-corrected chi connectivity index (χ1v) is 9.14. The molecule has 0 unspecified atom stereocenters. The maximum absolute atomic E-state index is 12.5. The number of hydrogen-bond acceptors (Lipinski definition) is 5. The molecule has 1 amide bonds. The maximum Gasteiger partial charge on any atom is 0.237 e. The smallest absolute Gasteiger partial charge is 0.237 e. The Morgan fingerprint density at radius 1 is 1.55 bits per heavy atom. The number of thioether (sulfide) groups is 1. The van der Waals surface area contributed by atoms with Crippen LogP contribution in [0.2, 0.25) is 0 Å². The number of anilines is 1. The summed E-state index contributed by atoms with van der Waals surface area (Å²) in [7, 11) is 5.89. The summed E-state index contributed by atoms with van der Waals surface area (Å²) in [6, 6.07) is 2.09.